The third kappa shape index (κ3) is 7.36. The average Bonchev–Trinajstić information content (AvgIpc) is 2.78. The van der Waals surface area contributed by atoms with Gasteiger partial charge in [-0.2, -0.15) is 0 Å². The first kappa shape index (κ1) is 24.3. The molecule has 1 aromatic carbocycles. The first-order chi connectivity index (χ1) is 14.6. The number of hydrogen-bond acceptors (Lipinski definition) is 6. The predicted octanol–water partition coefficient (Wildman–Crippen LogP) is 3.00. The summed E-state index contributed by atoms with van der Waals surface area (Å²) in [5.41, 5.74) is 0.861. The minimum absolute atomic E-state index is 0.133. The topological polar surface area (TPSA) is 60.5 Å². The third-order valence-corrected chi connectivity index (χ3v) is 5.50. The number of hydrogen-bond donors (Lipinski definition) is 0. The maximum atomic E-state index is 13.2. The number of unbranched alkanes of at least 4 members (excludes halogenated alkanes) is 3. The molecule has 1 aliphatic rings. The summed E-state index contributed by atoms with van der Waals surface area (Å²) in [6.45, 7) is 8.05. The van der Waals surface area contributed by atoms with E-state index in [4.69, 9.17) is 18.9 Å². The molecule has 2 rings (SSSR count). The molecule has 0 aromatic heterocycles. The van der Waals surface area contributed by atoms with E-state index in [9.17, 15) is 4.79 Å². The van der Waals surface area contributed by atoms with Crippen LogP contribution in [0.25, 0.3) is 0 Å². The van der Waals surface area contributed by atoms with Gasteiger partial charge in [-0.3, -0.25) is 9.69 Å². The Morgan fingerprint density at radius 1 is 1.00 bits per heavy atom. The Labute approximate surface area is 181 Å². The Hall–Kier alpha value is -1.99. The highest BCUT2D eigenvalue weighted by atomic mass is 16.5. The molecule has 0 saturated carbocycles. The number of carbonyl (C=O) groups is 1. The van der Waals surface area contributed by atoms with E-state index >= 15 is 0 Å². The lowest BCUT2D eigenvalue weighted by atomic mass is 10.1. The predicted molar refractivity (Wildman–Crippen MR) is 118 cm³/mol. The Bertz CT molecular complexity index is 621. The van der Waals surface area contributed by atoms with Gasteiger partial charge in [0.2, 0.25) is 11.7 Å². The van der Waals surface area contributed by atoms with Crippen LogP contribution in [-0.2, 0) is 16.0 Å². The maximum absolute atomic E-state index is 13.2. The molecule has 7 heteroatoms. The summed E-state index contributed by atoms with van der Waals surface area (Å²) < 4.78 is 21.7. The number of rotatable bonds is 13. The van der Waals surface area contributed by atoms with Crippen molar-refractivity contribution in [3.05, 3.63) is 17.7 Å². The van der Waals surface area contributed by atoms with Gasteiger partial charge in [-0.25, -0.2) is 0 Å². The van der Waals surface area contributed by atoms with E-state index in [1.165, 1.54) is 12.8 Å². The van der Waals surface area contributed by atoms with Gasteiger partial charge in [0.05, 0.1) is 41.0 Å². The molecule has 7 nitrogen and oxygen atoms in total. The van der Waals surface area contributed by atoms with Crippen molar-refractivity contribution in [3.8, 4) is 17.2 Å². The highest BCUT2D eigenvalue weighted by Crippen LogP contribution is 2.38. The van der Waals surface area contributed by atoms with Crippen LogP contribution in [0.4, 0.5) is 0 Å². The van der Waals surface area contributed by atoms with Gasteiger partial charge in [0, 0.05) is 32.7 Å². The first-order valence-electron chi connectivity index (χ1n) is 11.0. The van der Waals surface area contributed by atoms with Crippen LogP contribution >= 0.6 is 0 Å². The molecule has 0 spiro atoms. The number of amides is 1. The van der Waals surface area contributed by atoms with Crippen LogP contribution in [0.15, 0.2) is 12.1 Å². The fourth-order valence-corrected chi connectivity index (χ4v) is 3.70. The number of nitrogens with zero attached hydrogens (tertiary/aromatic N) is 2. The smallest absolute Gasteiger partial charge is 0.227 e. The van der Waals surface area contributed by atoms with E-state index in [2.05, 4.69) is 11.8 Å². The Kier molecular flexibility index (Phi) is 10.8. The van der Waals surface area contributed by atoms with Gasteiger partial charge < -0.3 is 23.8 Å². The zero-order valence-corrected chi connectivity index (χ0v) is 19.1. The van der Waals surface area contributed by atoms with Crippen molar-refractivity contribution >= 4 is 5.91 Å². The molecule has 1 amide bonds. The van der Waals surface area contributed by atoms with Gasteiger partial charge in [0.25, 0.3) is 0 Å². The lowest BCUT2D eigenvalue weighted by Crippen LogP contribution is -2.43. The fraction of sp³-hybridized carbons (Fsp3) is 0.696. The lowest BCUT2D eigenvalue weighted by molar-refractivity contribution is -0.130. The Balaban J connectivity index is 2.05. The number of benzene rings is 1. The summed E-state index contributed by atoms with van der Waals surface area (Å²) >= 11 is 0. The van der Waals surface area contributed by atoms with Gasteiger partial charge >= 0.3 is 0 Å². The largest absolute Gasteiger partial charge is 0.493 e. The lowest BCUT2D eigenvalue weighted by Gasteiger charge is -2.30. The molecule has 0 unspecified atom stereocenters. The number of morpholine rings is 1. The summed E-state index contributed by atoms with van der Waals surface area (Å²) in [6, 6.07) is 3.72. The molecule has 1 saturated heterocycles. The van der Waals surface area contributed by atoms with E-state index in [-0.39, 0.29) is 5.91 Å². The Morgan fingerprint density at radius 2 is 1.67 bits per heavy atom. The normalized spacial score (nSPS) is 14.4. The molecule has 1 fully saturated rings. The van der Waals surface area contributed by atoms with E-state index in [0.29, 0.717) is 23.7 Å². The van der Waals surface area contributed by atoms with E-state index in [1.54, 1.807) is 21.3 Å². The summed E-state index contributed by atoms with van der Waals surface area (Å²) in [6.07, 6.45) is 4.90. The van der Waals surface area contributed by atoms with Crippen molar-refractivity contribution < 1.29 is 23.7 Å². The fourth-order valence-electron chi connectivity index (χ4n) is 3.70. The molecule has 0 atom stereocenters. The van der Waals surface area contributed by atoms with Crippen molar-refractivity contribution in [2.75, 3.05) is 67.3 Å². The van der Waals surface area contributed by atoms with Crippen LogP contribution < -0.4 is 14.2 Å². The van der Waals surface area contributed by atoms with Crippen LogP contribution in [0.1, 0.15) is 38.2 Å². The van der Waals surface area contributed by atoms with Gasteiger partial charge in [-0.1, -0.05) is 26.2 Å². The van der Waals surface area contributed by atoms with Crippen molar-refractivity contribution in [1.82, 2.24) is 9.80 Å². The van der Waals surface area contributed by atoms with Crippen LogP contribution in [0.2, 0.25) is 0 Å². The third-order valence-electron chi connectivity index (χ3n) is 5.50. The second-order valence-corrected chi connectivity index (χ2v) is 7.61. The van der Waals surface area contributed by atoms with E-state index in [1.807, 2.05) is 17.0 Å². The maximum Gasteiger partial charge on any atom is 0.227 e. The van der Waals surface area contributed by atoms with Gasteiger partial charge in [-0.15, -0.1) is 0 Å². The van der Waals surface area contributed by atoms with Gasteiger partial charge in [0.15, 0.2) is 11.5 Å². The molecule has 30 heavy (non-hydrogen) atoms. The highest BCUT2D eigenvalue weighted by Gasteiger charge is 2.19. The molecule has 170 valence electrons. The van der Waals surface area contributed by atoms with Crippen LogP contribution in [0.5, 0.6) is 17.2 Å². The molecule has 0 N–H and O–H groups in total. The molecular formula is C23H38N2O5. The zero-order chi connectivity index (χ0) is 21.8. The number of ether oxygens (including phenoxy) is 4. The highest BCUT2D eigenvalue weighted by molar-refractivity contribution is 5.79. The number of carbonyl (C=O) groups excluding carboxylic acids is 1. The zero-order valence-electron chi connectivity index (χ0n) is 19.1. The van der Waals surface area contributed by atoms with Crippen molar-refractivity contribution in [2.24, 2.45) is 0 Å². The molecule has 0 radical (unpaired) electrons. The van der Waals surface area contributed by atoms with Gasteiger partial charge in [0.1, 0.15) is 0 Å². The molecule has 0 bridgehead atoms. The first-order valence-corrected chi connectivity index (χ1v) is 11.0. The summed E-state index contributed by atoms with van der Waals surface area (Å²) in [5.74, 6) is 1.82. The molecule has 1 aliphatic heterocycles. The second-order valence-electron chi connectivity index (χ2n) is 7.61. The average molecular weight is 423 g/mol. The van der Waals surface area contributed by atoms with Crippen molar-refractivity contribution in [2.45, 2.75) is 39.0 Å². The SMILES string of the molecule is CCCCCCN(CCN1CCOCC1)C(=O)Cc1cc(OC)c(OC)c(OC)c1. The molecular weight excluding hydrogens is 384 g/mol. The summed E-state index contributed by atoms with van der Waals surface area (Å²) in [4.78, 5) is 17.6. The van der Waals surface area contributed by atoms with Crippen LogP contribution in [-0.4, -0.2) is 83.0 Å². The molecule has 1 heterocycles. The van der Waals surface area contributed by atoms with Gasteiger partial charge in [-0.05, 0) is 24.1 Å². The van der Waals surface area contributed by atoms with E-state index in [0.717, 1.165) is 64.3 Å². The quantitative estimate of drug-likeness (QED) is 0.456. The number of methoxy groups -OCH3 is 3. The minimum Gasteiger partial charge on any atom is -0.493 e. The minimum atomic E-state index is 0.133. The standard InChI is InChI=1S/C23H38N2O5/c1-5-6-7-8-9-25(11-10-24-12-14-30-15-13-24)22(26)18-19-16-20(27-2)23(29-4)21(17-19)28-3/h16-17H,5-15,18H2,1-4H3. The van der Waals surface area contributed by atoms with Crippen molar-refractivity contribution in [3.63, 3.8) is 0 Å². The second kappa shape index (κ2) is 13.3. The van der Waals surface area contributed by atoms with Crippen molar-refractivity contribution in [1.29, 1.82) is 0 Å². The summed E-state index contributed by atoms with van der Waals surface area (Å²) in [7, 11) is 4.76. The molecule has 1 aromatic rings. The van der Waals surface area contributed by atoms with E-state index < -0.39 is 0 Å². The monoisotopic (exact) mass is 422 g/mol. The Morgan fingerprint density at radius 3 is 2.23 bits per heavy atom. The van der Waals surface area contributed by atoms with Crippen LogP contribution in [0.3, 0.4) is 0 Å². The summed E-state index contributed by atoms with van der Waals surface area (Å²) in [5, 5.41) is 0. The molecule has 0 aliphatic carbocycles. The van der Waals surface area contributed by atoms with Crippen LogP contribution in [0, 0.1) is 0 Å².